The van der Waals surface area contributed by atoms with Crippen LogP contribution in [0.1, 0.15) is 26.8 Å². The number of morpholine rings is 1. The van der Waals surface area contributed by atoms with Crippen LogP contribution in [0.3, 0.4) is 0 Å². The first-order valence-corrected chi connectivity index (χ1v) is 11.4. The van der Waals surface area contributed by atoms with Gasteiger partial charge in [-0.05, 0) is 26.3 Å². The Morgan fingerprint density at radius 3 is 2.61 bits per heavy atom. The number of amides is 1. The molecule has 0 aliphatic carbocycles. The molecule has 4 rings (SSSR count). The molecule has 1 amide bonds. The average Bonchev–Trinajstić information content (AvgIpc) is 3.28. The Balaban J connectivity index is 0.00000272. The summed E-state index contributed by atoms with van der Waals surface area (Å²) in [6.07, 6.45) is 0.731. The van der Waals surface area contributed by atoms with Crippen LogP contribution in [0.15, 0.2) is 12.1 Å². The van der Waals surface area contributed by atoms with Crippen molar-refractivity contribution in [3.63, 3.8) is 0 Å². The maximum Gasteiger partial charge on any atom is 0.272 e. The molecular formula is C20H23ClF2N4O2S2. The summed E-state index contributed by atoms with van der Waals surface area (Å²) in [7, 11) is 0. The van der Waals surface area contributed by atoms with Crippen LogP contribution in [0, 0.1) is 25.5 Å². The van der Waals surface area contributed by atoms with E-state index in [-0.39, 0.29) is 23.8 Å². The van der Waals surface area contributed by atoms with Crippen molar-refractivity contribution < 1.29 is 18.3 Å². The largest absolute Gasteiger partial charge is 0.379 e. The smallest absolute Gasteiger partial charge is 0.272 e. The summed E-state index contributed by atoms with van der Waals surface area (Å²) in [5, 5.41) is 1.17. The summed E-state index contributed by atoms with van der Waals surface area (Å²) in [5.41, 5.74) is 0.749. The average molecular weight is 489 g/mol. The molecule has 3 heterocycles. The number of anilines is 1. The Bertz CT molecular complexity index is 1070. The number of nitrogens with zero attached hydrogens (tertiary/aromatic N) is 4. The number of aryl methyl sites for hydroxylation is 2. The fraction of sp³-hybridized carbons (Fsp3) is 0.450. The molecule has 168 valence electrons. The normalized spacial score (nSPS) is 14.6. The number of aromatic nitrogens is 2. The molecule has 0 radical (unpaired) electrons. The van der Waals surface area contributed by atoms with E-state index in [1.165, 1.54) is 17.4 Å². The third-order valence-corrected chi connectivity index (χ3v) is 7.02. The molecule has 2 aromatic heterocycles. The highest BCUT2D eigenvalue weighted by molar-refractivity contribution is 7.22. The zero-order chi connectivity index (χ0) is 21.3. The number of hydrogen-bond acceptors (Lipinski definition) is 7. The third kappa shape index (κ3) is 5.38. The number of halogens is 3. The van der Waals surface area contributed by atoms with Crippen molar-refractivity contribution in [2.75, 3.05) is 44.3 Å². The van der Waals surface area contributed by atoms with Gasteiger partial charge in [-0.2, -0.15) is 0 Å². The van der Waals surface area contributed by atoms with Crippen LogP contribution in [0.5, 0.6) is 0 Å². The standard InChI is InChI=1S/C20H22F2N4O2S2.ClH/c1-12-18(29-13(2)23-12)19(27)26(5-3-4-25-6-8-28-9-7-25)20-24-17-15(22)10-14(21)11-16(17)30-20;/h10-11H,3-9H2,1-2H3;1H. The first-order valence-electron chi connectivity index (χ1n) is 9.74. The molecule has 1 aliphatic rings. The van der Waals surface area contributed by atoms with Crippen molar-refractivity contribution in [3.8, 4) is 0 Å². The van der Waals surface area contributed by atoms with Gasteiger partial charge in [-0.25, -0.2) is 18.7 Å². The first-order chi connectivity index (χ1) is 14.4. The Kier molecular flexibility index (Phi) is 7.92. The summed E-state index contributed by atoms with van der Waals surface area (Å²) in [4.78, 5) is 26.5. The molecular weight excluding hydrogens is 466 g/mol. The molecule has 11 heteroatoms. The van der Waals surface area contributed by atoms with Crippen LogP contribution in [0.25, 0.3) is 10.2 Å². The lowest BCUT2D eigenvalue weighted by Crippen LogP contribution is -2.39. The van der Waals surface area contributed by atoms with Gasteiger partial charge in [0.1, 0.15) is 16.2 Å². The van der Waals surface area contributed by atoms with Crippen molar-refractivity contribution in [1.82, 2.24) is 14.9 Å². The molecule has 0 unspecified atom stereocenters. The summed E-state index contributed by atoms with van der Waals surface area (Å²) < 4.78 is 33.6. The molecule has 1 aliphatic heterocycles. The molecule has 0 atom stereocenters. The second-order valence-corrected chi connectivity index (χ2v) is 9.35. The van der Waals surface area contributed by atoms with E-state index in [0.29, 0.717) is 40.2 Å². The second-order valence-electron chi connectivity index (χ2n) is 7.14. The number of thiazole rings is 2. The number of fused-ring (bicyclic) bond motifs is 1. The zero-order valence-corrected chi connectivity index (χ0v) is 19.6. The topological polar surface area (TPSA) is 58.6 Å². The first kappa shape index (κ1) is 23.9. The third-order valence-electron chi connectivity index (χ3n) is 4.94. The molecule has 1 saturated heterocycles. The molecule has 0 N–H and O–H groups in total. The molecule has 1 aromatic carbocycles. The molecule has 6 nitrogen and oxygen atoms in total. The number of rotatable bonds is 6. The molecule has 0 bridgehead atoms. The fourth-order valence-corrected chi connectivity index (χ4v) is 5.37. The van der Waals surface area contributed by atoms with Gasteiger partial charge in [0.15, 0.2) is 10.9 Å². The summed E-state index contributed by atoms with van der Waals surface area (Å²) >= 11 is 2.45. The van der Waals surface area contributed by atoms with Gasteiger partial charge in [0, 0.05) is 32.2 Å². The van der Waals surface area contributed by atoms with Gasteiger partial charge in [-0.15, -0.1) is 23.7 Å². The predicted octanol–water partition coefficient (Wildman–Crippen LogP) is 4.44. The van der Waals surface area contributed by atoms with E-state index in [0.717, 1.165) is 48.5 Å². The van der Waals surface area contributed by atoms with Crippen molar-refractivity contribution in [2.24, 2.45) is 0 Å². The maximum atomic E-state index is 14.2. The highest BCUT2D eigenvalue weighted by Gasteiger charge is 2.26. The van der Waals surface area contributed by atoms with Crippen LogP contribution in [0.2, 0.25) is 0 Å². The Hall–Kier alpha value is -1.72. The summed E-state index contributed by atoms with van der Waals surface area (Å²) in [6, 6.07) is 2.06. The van der Waals surface area contributed by atoms with Crippen LogP contribution in [0.4, 0.5) is 13.9 Å². The van der Waals surface area contributed by atoms with E-state index in [9.17, 15) is 13.6 Å². The fourth-order valence-electron chi connectivity index (χ4n) is 3.47. The lowest BCUT2D eigenvalue weighted by molar-refractivity contribution is 0.0376. The number of carbonyl (C=O) groups is 1. The number of carbonyl (C=O) groups excluding carboxylic acids is 1. The highest BCUT2D eigenvalue weighted by Crippen LogP contribution is 2.33. The number of hydrogen-bond donors (Lipinski definition) is 0. The van der Waals surface area contributed by atoms with E-state index >= 15 is 0 Å². The zero-order valence-electron chi connectivity index (χ0n) is 17.2. The molecule has 0 spiro atoms. The monoisotopic (exact) mass is 488 g/mol. The highest BCUT2D eigenvalue weighted by atomic mass is 35.5. The van der Waals surface area contributed by atoms with Gasteiger partial charge in [-0.3, -0.25) is 14.6 Å². The lowest BCUT2D eigenvalue weighted by atomic mass is 10.3. The van der Waals surface area contributed by atoms with Gasteiger partial charge < -0.3 is 4.74 Å². The number of benzene rings is 1. The van der Waals surface area contributed by atoms with Crippen molar-refractivity contribution in [1.29, 1.82) is 0 Å². The SMILES string of the molecule is Cc1nc(C)c(C(=O)N(CCCN2CCOCC2)c2nc3c(F)cc(F)cc3s2)s1.Cl. The van der Waals surface area contributed by atoms with Crippen molar-refractivity contribution in [2.45, 2.75) is 20.3 Å². The minimum atomic E-state index is -0.724. The molecule has 31 heavy (non-hydrogen) atoms. The van der Waals surface area contributed by atoms with E-state index < -0.39 is 11.6 Å². The molecule has 3 aromatic rings. The Morgan fingerprint density at radius 2 is 1.94 bits per heavy atom. The quantitative estimate of drug-likeness (QED) is 0.513. The van der Waals surface area contributed by atoms with Gasteiger partial charge in [0.05, 0.1) is 28.6 Å². The van der Waals surface area contributed by atoms with Gasteiger partial charge in [0.2, 0.25) is 0 Å². The van der Waals surface area contributed by atoms with Crippen molar-refractivity contribution in [3.05, 3.63) is 39.3 Å². The van der Waals surface area contributed by atoms with E-state index in [1.807, 2.05) is 6.92 Å². The van der Waals surface area contributed by atoms with Crippen molar-refractivity contribution >= 4 is 56.3 Å². The van der Waals surface area contributed by atoms with E-state index in [4.69, 9.17) is 4.74 Å². The van der Waals surface area contributed by atoms with Gasteiger partial charge in [-0.1, -0.05) is 11.3 Å². The Morgan fingerprint density at radius 1 is 1.19 bits per heavy atom. The maximum absolute atomic E-state index is 14.2. The van der Waals surface area contributed by atoms with Crippen LogP contribution >= 0.6 is 35.1 Å². The van der Waals surface area contributed by atoms with E-state index in [1.54, 1.807) is 11.8 Å². The minimum absolute atomic E-state index is 0. The summed E-state index contributed by atoms with van der Waals surface area (Å²) in [6.45, 7) is 8.07. The minimum Gasteiger partial charge on any atom is -0.379 e. The molecule has 1 fully saturated rings. The van der Waals surface area contributed by atoms with Gasteiger partial charge >= 0.3 is 0 Å². The predicted molar refractivity (Wildman–Crippen MR) is 122 cm³/mol. The van der Waals surface area contributed by atoms with Crippen LogP contribution in [-0.4, -0.2) is 60.2 Å². The lowest BCUT2D eigenvalue weighted by Gasteiger charge is -2.27. The second kappa shape index (κ2) is 10.3. The number of ether oxygens (including phenoxy) is 1. The summed E-state index contributed by atoms with van der Waals surface area (Å²) in [5.74, 6) is -1.59. The van der Waals surface area contributed by atoms with Crippen LogP contribution in [-0.2, 0) is 4.74 Å². The van der Waals surface area contributed by atoms with Crippen LogP contribution < -0.4 is 4.90 Å². The Labute approximate surface area is 193 Å². The van der Waals surface area contributed by atoms with Gasteiger partial charge in [0.25, 0.3) is 5.91 Å². The molecule has 0 saturated carbocycles. The van der Waals surface area contributed by atoms with E-state index in [2.05, 4.69) is 14.9 Å².